The second kappa shape index (κ2) is 7.48. The van der Waals surface area contributed by atoms with Gasteiger partial charge in [-0.25, -0.2) is 0 Å². The van der Waals surface area contributed by atoms with Crippen LogP contribution in [0.25, 0.3) is 11.6 Å². The van der Waals surface area contributed by atoms with Gasteiger partial charge in [-0.2, -0.15) is 0 Å². The topological polar surface area (TPSA) is 4.44 Å². The number of fused-ring (bicyclic) bond motifs is 1. The van der Waals surface area contributed by atoms with Gasteiger partial charge in [0.2, 0.25) is 0 Å². The number of hydrogen-bond donors (Lipinski definition) is 1. The van der Waals surface area contributed by atoms with Gasteiger partial charge in [0.1, 0.15) is 6.54 Å². The van der Waals surface area contributed by atoms with Crippen molar-refractivity contribution >= 4 is 23.4 Å². The fourth-order valence-corrected chi connectivity index (χ4v) is 3.72. The van der Waals surface area contributed by atoms with E-state index >= 15 is 0 Å². The standard InChI is InChI=1S/C20H21NS/c1-21(14-7-10-17-8-3-2-4-9-17)16-18-13-15-22-20-12-6-5-11-19(18)20/h2-13H,14-16H2,1H3/p+1/b10-7+. The van der Waals surface area contributed by atoms with Crippen molar-refractivity contribution in [2.75, 3.05) is 25.9 Å². The molecular formula is C20H22NS+. The third-order valence-corrected chi connectivity index (χ3v) is 4.87. The van der Waals surface area contributed by atoms with Crippen LogP contribution in [0.4, 0.5) is 0 Å². The van der Waals surface area contributed by atoms with Crippen LogP contribution in [0.1, 0.15) is 11.1 Å². The van der Waals surface area contributed by atoms with E-state index in [0.717, 1.165) is 18.8 Å². The summed E-state index contributed by atoms with van der Waals surface area (Å²) >= 11 is 1.94. The van der Waals surface area contributed by atoms with Gasteiger partial charge >= 0.3 is 0 Å². The number of likely N-dealkylation sites (N-methyl/N-ethyl adjacent to an activating group) is 1. The second-order valence-electron chi connectivity index (χ2n) is 5.69. The van der Waals surface area contributed by atoms with Crippen molar-refractivity contribution in [2.24, 2.45) is 0 Å². The molecule has 1 N–H and O–H groups in total. The van der Waals surface area contributed by atoms with Crippen molar-refractivity contribution in [3.63, 3.8) is 0 Å². The zero-order valence-electron chi connectivity index (χ0n) is 13.0. The van der Waals surface area contributed by atoms with E-state index in [0.29, 0.717) is 0 Å². The molecule has 2 heteroatoms. The van der Waals surface area contributed by atoms with E-state index in [-0.39, 0.29) is 0 Å². The van der Waals surface area contributed by atoms with E-state index in [1.165, 1.54) is 26.5 Å². The first kappa shape index (κ1) is 15.1. The second-order valence-corrected chi connectivity index (χ2v) is 6.75. The average molecular weight is 308 g/mol. The number of rotatable bonds is 5. The maximum Gasteiger partial charge on any atom is 0.103 e. The Morgan fingerprint density at radius 2 is 1.82 bits per heavy atom. The first-order valence-corrected chi connectivity index (χ1v) is 8.75. The molecule has 0 saturated carbocycles. The van der Waals surface area contributed by atoms with Gasteiger partial charge in [0, 0.05) is 16.2 Å². The molecule has 2 aromatic rings. The zero-order valence-corrected chi connectivity index (χ0v) is 13.8. The highest BCUT2D eigenvalue weighted by molar-refractivity contribution is 7.99. The molecule has 0 radical (unpaired) electrons. The Morgan fingerprint density at radius 3 is 2.68 bits per heavy atom. The lowest BCUT2D eigenvalue weighted by atomic mass is 10.0. The normalized spacial score (nSPS) is 15.4. The molecular weight excluding hydrogens is 286 g/mol. The van der Waals surface area contributed by atoms with Crippen molar-refractivity contribution in [3.05, 3.63) is 77.9 Å². The molecule has 0 aromatic heterocycles. The molecule has 0 amide bonds. The summed E-state index contributed by atoms with van der Waals surface area (Å²) < 4.78 is 0. The number of quaternary nitrogens is 1. The molecule has 1 unspecified atom stereocenters. The lowest BCUT2D eigenvalue weighted by molar-refractivity contribution is -0.865. The van der Waals surface area contributed by atoms with Gasteiger partial charge in [-0.1, -0.05) is 60.7 Å². The molecule has 0 bridgehead atoms. The molecule has 1 atom stereocenters. The van der Waals surface area contributed by atoms with E-state index in [2.05, 4.69) is 79.9 Å². The highest BCUT2D eigenvalue weighted by atomic mass is 32.2. The van der Waals surface area contributed by atoms with Gasteiger partial charge in [-0.05, 0) is 23.3 Å². The first-order valence-electron chi connectivity index (χ1n) is 7.77. The Bertz CT molecular complexity index is 673. The minimum atomic E-state index is 1.04. The third kappa shape index (κ3) is 3.90. The minimum Gasteiger partial charge on any atom is -0.330 e. The van der Waals surface area contributed by atoms with Crippen LogP contribution in [0, 0.1) is 0 Å². The molecule has 0 fully saturated rings. The van der Waals surface area contributed by atoms with E-state index in [1.54, 1.807) is 0 Å². The van der Waals surface area contributed by atoms with E-state index in [1.807, 2.05) is 11.8 Å². The summed E-state index contributed by atoms with van der Waals surface area (Å²) in [6.45, 7) is 2.12. The fourth-order valence-electron chi connectivity index (χ4n) is 2.72. The summed E-state index contributed by atoms with van der Waals surface area (Å²) in [4.78, 5) is 2.94. The molecule has 1 aliphatic rings. The van der Waals surface area contributed by atoms with Crippen LogP contribution in [-0.4, -0.2) is 25.9 Å². The highest BCUT2D eigenvalue weighted by Crippen LogP contribution is 2.32. The smallest absolute Gasteiger partial charge is 0.103 e. The monoisotopic (exact) mass is 308 g/mol. The van der Waals surface area contributed by atoms with Crippen molar-refractivity contribution in [1.29, 1.82) is 0 Å². The third-order valence-electron chi connectivity index (χ3n) is 3.87. The van der Waals surface area contributed by atoms with Gasteiger partial charge in [0.25, 0.3) is 0 Å². The van der Waals surface area contributed by atoms with Crippen LogP contribution >= 0.6 is 11.8 Å². The highest BCUT2D eigenvalue weighted by Gasteiger charge is 2.15. The lowest BCUT2D eigenvalue weighted by Crippen LogP contribution is -3.08. The molecule has 0 spiro atoms. The van der Waals surface area contributed by atoms with Crippen molar-refractivity contribution in [1.82, 2.24) is 0 Å². The van der Waals surface area contributed by atoms with Crippen LogP contribution in [0.5, 0.6) is 0 Å². The molecule has 1 aliphatic heterocycles. The van der Waals surface area contributed by atoms with Crippen LogP contribution in [-0.2, 0) is 0 Å². The largest absolute Gasteiger partial charge is 0.330 e. The van der Waals surface area contributed by atoms with Crippen molar-refractivity contribution in [2.45, 2.75) is 4.90 Å². The van der Waals surface area contributed by atoms with Gasteiger partial charge in [-0.3, -0.25) is 0 Å². The molecule has 1 nitrogen and oxygen atoms in total. The molecule has 1 heterocycles. The molecule has 0 saturated heterocycles. The number of benzene rings is 2. The Labute approximate surface area is 137 Å². The Morgan fingerprint density at radius 1 is 1.05 bits per heavy atom. The summed E-state index contributed by atoms with van der Waals surface area (Å²) in [7, 11) is 2.26. The Hall–Kier alpha value is -1.77. The Kier molecular flexibility index (Phi) is 5.15. The van der Waals surface area contributed by atoms with Crippen LogP contribution in [0.2, 0.25) is 0 Å². The lowest BCUT2D eigenvalue weighted by Gasteiger charge is -2.20. The van der Waals surface area contributed by atoms with Gasteiger partial charge < -0.3 is 4.90 Å². The minimum absolute atomic E-state index is 1.04. The molecule has 112 valence electrons. The molecule has 3 rings (SSSR count). The van der Waals surface area contributed by atoms with Crippen molar-refractivity contribution < 1.29 is 4.90 Å². The average Bonchev–Trinajstić information content (AvgIpc) is 2.56. The predicted octanol–water partition coefficient (Wildman–Crippen LogP) is 3.40. The molecule has 0 aliphatic carbocycles. The number of hydrogen-bond acceptors (Lipinski definition) is 1. The fraction of sp³-hybridized carbons (Fsp3) is 0.200. The zero-order chi connectivity index (χ0) is 15.2. The van der Waals surface area contributed by atoms with Crippen LogP contribution in [0.3, 0.4) is 0 Å². The van der Waals surface area contributed by atoms with Crippen LogP contribution in [0.15, 0.2) is 71.6 Å². The number of thioether (sulfide) groups is 1. The van der Waals surface area contributed by atoms with E-state index < -0.39 is 0 Å². The summed E-state index contributed by atoms with van der Waals surface area (Å²) in [5.41, 5.74) is 4.18. The summed E-state index contributed by atoms with van der Waals surface area (Å²) in [6.07, 6.45) is 6.87. The summed E-state index contributed by atoms with van der Waals surface area (Å²) in [5, 5.41) is 0. The first-order chi connectivity index (χ1) is 10.8. The van der Waals surface area contributed by atoms with Crippen LogP contribution < -0.4 is 4.90 Å². The molecule has 2 aromatic carbocycles. The van der Waals surface area contributed by atoms with E-state index in [9.17, 15) is 0 Å². The number of nitrogens with one attached hydrogen (secondary N) is 1. The maximum absolute atomic E-state index is 2.39. The quantitative estimate of drug-likeness (QED) is 0.887. The predicted molar refractivity (Wildman–Crippen MR) is 97.2 cm³/mol. The van der Waals surface area contributed by atoms with Gasteiger partial charge in [0.15, 0.2) is 0 Å². The summed E-state index contributed by atoms with van der Waals surface area (Å²) in [5.74, 6) is 1.10. The van der Waals surface area contributed by atoms with E-state index in [4.69, 9.17) is 0 Å². The Balaban J connectivity index is 1.59. The SMILES string of the molecule is C[NH+](C/C=C/c1ccccc1)CC1=CCSc2ccccc21. The van der Waals surface area contributed by atoms with Gasteiger partial charge in [0.05, 0.1) is 13.6 Å². The van der Waals surface area contributed by atoms with Crippen molar-refractivity contribution in [3.8, 4) is 0 Å². The summed E-state index contributed by atoms with van der Waals surface area (Å²) in [6, 6.07) is 19.3. The maximum atomic E-state index is 2.39. The molecule has 22 heavy (non-hydrogen) atoms. The van der Waals surface area contributed by atoms with Gasteiger partial charge in [-0.15, -0.1) is 11.8 Å².